The number of aryl methyl sites for hydroxylation is 2. The Labute approximate surface area is 185 Å². The van der Waals surface area contributed by atoms with Gasteiger partial charge in [-0.05, 0) is 32.6 Å². The highest BCUT2D eigenvalue weighted by Crippen LogP contribution is 2.35. The minimum Gasteiger partial charge on any atom is -0.386 e. The Morgan fingerprint density at radius 2 is 2.16 bits per heavy atom. The van der Waals surface area contributed by atoms with Crippen LogP contribution >= 0.6 is 0 Å². The van der Waals surface area contributed by atoms with Crippen molar-refractivity contribution in [2.45, 2.75) is 44.9 Å². The molecule has 3 N–H and O–H groups in total. The average Bonchev–Trinajstić information content (AvgIpc) is 3.29. The van der Waals surface area contributed by atoms with E-state index in [1.165, 1.54) is 0 Å². The molecule has 3 aromatic heterocycles. The Balaban J connectivity index is 1.42. The first-order chi connectivity index (χ1) is 15.3. The number of amides is 2. The minimum absolute atomic E-state index is 0.126. The van der Waals surface area contributed by atoms with E-state index in [0.29, 0.717) is 29.9 Å². The van der Waals surface area contributed by atoms with Crippen molar-refractivity contribution in [2.24, 2.45) is 13.0 Å². The summed E-state index contributed by atoms with van der Waals surface area (Å²) in [5.74, 6) is -0.317. The van der Waals surface area contributed by atoms with Gasteiger partial charge < -0.3 is 15.3 Å². The van der Waals surface area contributed by atoms with Gasteiger partial charge >= 0.3 is 5.65 Å². The van der Waals surface area contributed by atoms with Gasteiger partial charge in [0.25, 0.3) is 5.91 Å². The maximum atomic E-state index is 13.2. The molecule has 5 rings (SSSR count). The lowest BCUT2D eigenvalue weighted by Gasteiger charge is -2.45. The van der Waals surface area contributed by atoms with Crippen LogP contribution in [0.25, 0.3) is 22.4 Å². The van der Waals surface area contributed by atoms with Crippen LogP contribution in [0.3, 0.4) is 0 Å². The second-order valence-corrected chi connectivity index (χ2v) is 9.20. The number of carbonyl (C=O) groups is 2. The second kappa shape index (κ2) is 7.40. The first-order valence-corrected chi connectivity index (χ1v) is 11.0. The maximum Gasteiger partial charge on any atom is 0.306 e. The van der Waals surface area contributed by atoms with E-state index in [2.05, 4.69) is 15.4 Å². The maximum absolute atomic E-state index is 13.2. The molecule has 1 aliphatic carbocycles. The topological polar surface area (TPSA) is 120 Å². The van der Waals surface area contributed by atoms with Crippen molar-refractivity contribution in [1.82, 2.24) is 30.0 Å². The van der Waals surface area contributed by atoms with Crippen LogP contribution in [-0.4, -0.2) is 66.3 Å². The number of likely N-dealkylation sites (tertiary alicyclic amines) is 1. The fourth-order valence-corrected chi connectivity index (χ4v) is 4.32. The summed E-state index contributed by atoms with van der Waals surface area (Å²) in [7, 11) is 1.89. The summed E-state index contributed by atoms with van der Waals surface area (Å²) in [5, 5.41) is 17.2. The molecule has 4 heterocycles. The smallest absolute Gasteiger partial charge is 0.306 e. The quantitative estimate of drug-likeness (QED) is 0.481. The summed E-state index contributed by atoms with van der Waals surface area (Å²) >= 11 is 0. The number of rotatable bonds is 6. The fourth-order valence-electron chi connectivity index (χ4n) is 4.32. The number of aromatic nitrogens is 5. The van der Waals surface area contributed by atoms with E-state index < -0.39 is 11.6 Å². The van der Waals surface area contributed by atoms with E-state index in [9.17, 15) is 14.7 Å². The van der Waals surface area contributed by atoms with Gasteiger partial charge in [0.15, 0.2) is 5.52 Å². The summed E-state index contributed by atoms with van der Waals surface area (Å²) < 4.78 is 3.72. The molecular weight excluding hydrogens is 410 g/mol. The van der Waals surface area contributed by atoms with Crippen molar-refractivity contribution >= 4 is 23.0 Å². The third-order valence-corrected chi connectivity index (χ3v) is 6.25. The van der Waals surface area contributed by atoms with Crippen LogP contribution < -0.4 is 9.88 Å². The zero-order valence-corrected chi connectivity index (χ0v) is 18.5. The number of hydrogen-bond acceptors (Lipinski definition) is 5. The van der Waals surface area contributed by atoms with Gasteiger partial charge in [0.2, 0.25) is 5.91 Å². The van der Waals surface area contributed by atoms with E-state index in [4.69, 9.17) is 4.98 Å². The van der Waals surface area contributed by atoms with Gasteiger partial charge in [-0.2, -0.15) is 5.10 Å². The number of nitrogens with one attached hydrogen (secondary N) is 2. The highest BCUT2D eigenvalue weighted by molar-refractivity contribution is 6.05. The highest BCUT2D eigenvalue weighted by Gasteiger charge is 2.46. The molecule has 2 aliphatic rings. The molecule has 0 spiro atoms. The zero-order valence-electron chi connectivity index (χ0n) is 18.5. The number of H-pyrrole nitrogens is 1. The SMILES string of the molecule is CCn1cc(-c2c[n+](C)c3[nH]cc(C(=O)NC(C(=O)N4CC(C)(O)C4)C4CC4)c3n2)cn1. The van der Waals surface area contributed by atoms with Gasteiger partial charge in [-0.1, -0.05) is 0 Å². The number of fused-ring (bicyclic) bond motifs is 1. The molecule has 1 aliphatic heterocycles. The number of carbonyl (C=O) groups excluding carboxylic acids is 2. The first kappa shape index (κ1) is 20.6. The van der Waals surface area contributed by atoms with Crippen molar-refractivity contribution in [3.8, 4) is 11.3 Å². The van der Waals surface area contributed by atoms with E-state index in [-0.39, 0.29) is 17.7 Å². The van der Waals surface area contributed by atoms with Crippen LogP contribution in [0.15, 0.2) is 24.8 Å². The predicted octanol–water partition coefficient (Wildman–Crippen LogP) is 0.372. The molecule has 168 valence electrons. The summed E-state index contributed by atoms with van der Waals surface area (Å²) in [5.41, 5.74) is 2.40. The molecule has 1 saturated heterocycles. The first-order valence-electron chi connectivity index (χ1n) is 11.0. The van der Waals surface area contributed by atoms with Crippen LogP contribution in [-0.2, 0) is 18.4 Å². The molecular formula is C22H28N7O3+. The number of β-amino-alcohol motifs (C(OH)–C–C–N with tert-alkyl or cyclic N) is 1. The number of aromatic amines is 1. The van der Waals surface area contributed by atoms with Gasteiger partial charge in [-0.15, -0.1) is 0 Å². The Hall–Kier alpha value is -3.27. The van der Waals surface area contributed by atoms with Crippen LogP contribution in [0.2, 0.25) is 0 Å². The van der Waals surface area contributed by atoms with Crippen LogP contribution in [0.5, 0.6) is 0 Å². The molecule has 3 aromatic rings. The largest absolute Gasteiger partial charge is 0.386 e. The Bertz CT molecular complexity index is 1200. The molecule has 10 nitrogen and oxygen atoms in total. The third kappa shape index (κ3) is 3.64. The second-order valence-electron chi connectivity index (χ2n) is 9.20. The van der Waals surface area contributed by atoms with Crippen molar-refractivity contribution < 1.29 is 19.3 Å². The molecule has 1 atom stereocenters. The van der Waals surface area contributed by atoms with Crippen molar-refractivity contribution in [1.29, 1.82) is 0 Å². The summed E-state index contributed by atoms with van der Waals surface area (Å²) in [4.78, 5) is 35.6. The minimum atomic E-state index is -0.842. The molecule has 10 heteroatoms. The number of aliphatic hydroxyl groups is 1. The summed E-state index contributed by atoms with van der Waals surface area (Å²) in [6.07, 6.45) is 9.03. The van der Waals surface area contributed by atoms with Crippen LogP contribution in [0, 0.1) is 5.92 Å². The van der Waals surface area contributed by atoms with E-state index in [0.717, 1.165) is 30.6 Å². The standard InChI is InChI=1S/C22H27N7O3/c1-4-29-9-14(7-24-29)16-10-27(3)19-18(25-16)15(8-23-19)20(30)26-17(13-5-6-13)21(31)28-11-22(2,32)12-28/h7-10,13,17,32H,4-6,11-12H2,1-3H3,(H,26,30)/p+1. The van der Waals surface area contributed by atoms with Crippen molar-refractivity contribution in [2.75, 3.05) is 13.1 Å². The van der Waals surface area contributed by atoms with Crippen molar-refractivity contribution in [3.05, 3.63) is 30.4 Å². The molecule has 0 radical (unpaired) electrons. The van der Waals surface area contributed by atoms with Gasteiger partial charge in [0, 0.05) is 18.3 Å². The predicted molar refractivity (Wildman–Crippen MR) is 115 cm³/mol. The molecule has 2 amide bonds. The normalized spacial score (nSPS) is 18.4. The Morgan fingerprint density at radius 1 is 1.41 bits per heavy atom. The van der Waals surface area contributed by atoms with Crippen LogP contribution in [0.1, 0.15) is 37.0 Å². The van der Waals surface area contributed by atoms with Gasteiger partial charge in [0.1, 0.15) is 29.7 Å². The highest BCUT2D eigenvalue weighted by atomic mass is 16.3. The molecule has 0 aromatic carbocycles. The van der Waals surface area contributed by atoms with Gasteiger partial charge in [0.05, 0.1) is 31.9 Å². The van der Waals surface area contributed by atoms with Gasteiger partial charge in [-0.3, -0.25) is 14.3 Å². The van der Waals surface area contributed by atoms with Crippen LogP contribution in [0.4, 0.5) is 0 Å². The summed E-state index contributed by atoms with van der Waals surface area (Å²) in [6, 6.07) is -0.580. The van der Waals surface area contributed by atoms with Gasteiger partial charge in [-0.25, -0.2) is 14.5 Å². The number of nitrogens with zero attached hydrogens (tertiary/aromatic N) is 5. The molecule has 32 heavy (non-hydrogen) atoms. The van der Waals surface area contributed by atoms with E-state index in [1.807, 2.05) is 35.6 Å². The van der Waals surface area contributed by atoms with E-state index in [1.54, 1.807) is 24.2 Å². The third-order valence-electron chi connectivity index (χ3n) is 6.25. The molecule has 1 saturated carbocycles. The lowest BCUT2D eigenvalue weighted by molar-refractivity contribution is -0.646. The lowest BCUT2D eigenvalue weighted by atomic mass is 9.95. The monoisotopic (exact) mass is 438 g/mol. The Morgan fingerprint density at radius 3 is 2.78 bits per heavy atom. The average molecular weight is 439 g/mol. The summed E-state index contributed by atoms with van der Waals surface area (Å²) in [6.45, 7) is 5.07. The lowest BCUT2D eigenvalue weighted by Crippen LogP contribution is -2.65. The molecule has 2 fully saturated rings. The molecule has 0 bridgehead atoms. The zero-order chi connectivity index (χ0) is 22.6. The van der Waals surface area contributed by atoms with E-state index >= 15 is 0 Å². The molecule has 1 unspecified atom stereocenters. The number of hydrogen-bond donors (Lipinski definition) is 3. The van der Waals surface area contributed by atoms with Crippen molar-refractivity contribution in [3.63, 3.8) is 0 Å². The Kier molecular flexibility index (Phi) is 4.77. The fraction of sp³-hybridized carbons (Fsp3) is 0.500.